The van der Waals surface area contributed by atoms with Crippen LogP contribution in [0, 0.1) is 10.7 Å². The zero-order valence-corrected chi connectivity index (χ0v) is 12.3. The summed E-state index contributed by atoms with van der Waals surface area (Å²) < 4.78 is 2.75. The molecule has 0 aromatic carbocycles. The summed E-state index contributed by atoms with van der Waals surface area (Å²) in [5.74, 6) is 1.64. The lowest BCUT2D eigenvalue weighted by Gasteiger charge is -2.07. The maximum absolute atomic E-state index is 5.30. The van der Waals surface area contributed by atoms with E-state index in [1.807, 2.05) is 18.3 Å². The molecule has 0 aliphatic carbocycles. The predicted octanol–water partition coefficient (Wildman–Crippen LogP) is 3.83. The number of rotatable bonds is 6. The molecule has 0 unspecified atom stereocenters. The van der Waals surface area contributed by atoms with Gasteiger partial charge in [0.15, 0.2) is 10.6 Å². The molecule has 0 atom stereocenters. The zero-order chi connectivity index (χ0) is 13.7. The SMILES string of the molecule is CC(C)CCCCn1c(-c2cccnc2)n[nH]c1=S. The summed E-state index contributed by atoms with van der Waals surface area (Å²) in [6, 6.07) is 3.92. The van der Waals surface area contributed by atoms with Gasteiger partial charge in [0.05, 0.1) is 0 Å². The van der Waals surface area contributed by atoms with E-state index in [9.17, 15) is 0 Å². The Morgan fingerprint density at radius 1 is 1.37 bits per heavy atom. The number of nitrogens with one attached hydrogen (secondary N) is 1. The molecule has 5 heteroatoms. The van der Waals surface area contributed by atoms with Crippen molar-refractivity contribution in [2.24, 2.45) is 5.92 Å². The molecule has 2 heterocycles. The fourth-order valence-corrected chi connectivity index (χ4v) is 2.29. The van der Waals surface area contributed by atoms with Crippen molar-refractivity contribution in [1.82, 2.24) is 19.7 Å². The molecule has 2 aromatic rings. The summed E-state index contributed by atoms with van der Waals surface area (Å²) >= 11 is 5.30. The highest BCUT2D eigenvalue weighted by atomic mass is 32.1. The molecule has 19 heavy (non-hydrogen) atoms. The van der Waals surface area contributed by atoms with Crippen LogP contribution in [0.4, 0.5) is 0 Å². The molecular formula is C14H20N4S. The number of hydrogen-bond donors (Lipinski definition) is 1. The third-order valence-corrected chi connectivity index (χ3v) is 3.40. The first-order chi connectivity index (χ1) is 9.18. The molecule has 0 aliphatic rings. The van der Waals surface area contributed by atoms with Gasteiger partial charge in [-0.25, -0.2) is 0 Å². The number of nitrogens with zero attached hydrogens (tertiary/aromatic N) is 3. The first kappa shape index (κ1) is 13.9. The van der Waals surface area contributed by atoms with E-state index in [0.717, 1.165) is 30.3 Å². The summed E-state index contributed by atoms with van der Waals surface area (Å²) in [5, 5.41) is 7.18. The third-order valence-electron chi connectivity index (χ3n) is 3.09. The summed E-state index contributed by atoms with van der Waals surface area (Å²) in [7, 11) is 0. The van der Waals surface area contributed by atoms with Gasteiger partial charge in [-0.05, 0) is 36.7 Å². The van der Waals surface area contributed by atoms with Gasteiger partial charge in [-0.2, -0.15) is 5.10 Å². The molecule has 0 bridgehead atoms. The van der Waals surface area contributed by atoms with Crippen LogP contribution in [-0.4, -0.2) is 19.7 Å². The molecule has 0 aliphatic heterocycles. The Bertz CT molecular complexity index is 556. The van der Waals surface area contributed by atoms with Crippen molar-refractivity contribution in [1.29, 1.82) is 0 Å². The van der Waals surface area contributed by atoms with Gasteiger partial charge in [0, 0.05) is 24.5 Å². The molecule has 0 amide bonds. The van der Waals surface area contributed by atoms with Gasteiger partial charge >= 0.3 is 0 Å². The molecule has 0 radical (unpaired) electrons. The molecule has 0 saturated carbocycles. The fraction of sp³-hybridized carbons (Fsp3) is 0.500. The fourth-order valence-electron chi connectivity index (χ4n) is 2.06. The van der Waals surface area contributed by atoms with Crippen LogP contribution in [0.2, 0.25) is 0 Å². The van der Waals surface area contributed by atoms with Crippen molar-refractivity contribution in [2.75, 3.05) is 0 Å². The van der Waals surface area contributed by atoms with E-state index in [1.165, 1.54) is 12.8 Å². The molecule has 102 valence electrons. The molecule has 2 rings (SSSR count). The second-order valence-electron chi connectivity index (χ2n) is 5.14. The van der Waals surface area contributed by atoms with Gasteiger partial charge in [0.1, 0.15) is 0 Å². The lowest BCUT2D eigenvalue weighted by atomic mass is 10.1. The first-order valence-electron chi connectivity index (χ1n) is 6.74. The summed E-state index contributed by atoms with van der Waals surface area (Å²) in [5.41, 5.74) is 0.999. The van der Waals surface area contributed by atoms with Gasteiger partial charge in [-0.3, -0.25) is 10.1 Å². The topological polar surface area (TPSA) is 46.5 Å². The van der Waals surface area contributed by atoms with Gasteiger partial charge in [0.2, 0.25) is 0 Å². The average Bonchev–Trinajstić information content (AvgIpc) is 2.77. The van der Waals surface area contributed by atoms with Crippen molar-refractivity contribution >= 4 is 12.2 Å². The van der Waals surface area contributed by atoms with Crippen molar-refractivity contribution in [3.8, 4) is 11.4 Å². The zero-order valence-electron chi connectivity index (χ0n) is 11.5. The molecular weight excluding hydrogens is 256 g/mol. The van der Waals surface area contributed by atoms with E-state index in [2.05, 4.69) is 33.6 Å². The molecule has 0 fully saturated rings. The second kappa shape index (κ2) is 6.61. The Kier molecular flexibility index (Phi) is 4.85. The van der Waals surface area contributed by atoms with Crippen molar-refractivity contribution < 1.29 is 0 Å². The van der Waals surface area contributed by atoms with Crippen molar-refractivity contribution in [3.05, 3.63) is 29.3 Å². The Labute approximate surface area is 118 Å². The van der Waals surface area contributed by atoms with Gasteiger partial charge in [-0.15, -0.1) is 0 Å². The lowest BCUT2D eigenvalue weighted by molar-refractivity contribution is 0.508. The standard InChI is InChI=1S/C14H20N4S/c1-11(2)6-3-4-9-18-13(16-17-14(18)19)12-7-5-8-15-10-12/h5,7-8,10-11H,3-4,6,9H2,1-2H3,(H,17,19). The van der Waals surface area contributed by atoms with Crippen LogP contribution in [0.25, 0.3) is 11.4 Å². The number of hydrogen-bond acceptors (Lipinski definition) is 3. The number of unbranched alkanes of at least 4 members (excludes halogenated alkanes) is 1. The normalized spacial score (nSPS) is 11.1. The van der Waals surface area contributed by atoms with Crippen LogP contribution in [0.3, 0.4) is 0 Å². The highest BCUT2D eigenvalue weighted by Crippen LogP contribution is 2.17. The molecule has 4 nitrogen and oxygen atoms in total. The van der Waals surface area contributed by atoms with E-state index >= 15 is 0 Å². The van der Waals surface area contributed by atoms with Crippen molar-refractivity contribution in [2.45, 2.75) is 39.7 Å². The van der Waals surface area contributed by atoms with Gasteiger partial charge in [-0.1, -0.05) is 26.7 Å². The number of H-pyrrole nitrogens is 1. The monoisotopic (exact) mass is 276 g/mol. The van der Waals surface area contributed by atoms with Crippen LogP contribution in [-0.2, 0) is 6.54 Å². The smallest absolute Gasteiger partial charge is 0.195 e. The number of pyridine rings is 1. The van der Waals surface area contributed by atoms with Crippen LogP contribution in [0.1, 0.15) is 33.1 Å². The summed E-state index contributed by atoms with van der Waals surface area (Å²) in [6.45, 7) is 5.42. The van der Waals surface area contributed by atoms with Crippen molar-refractivity contribution in [3.63, 3.8) is 0 Å². The quantitative estimate of drug-likeness (QED) is 0.644. The Hall–Kier alpha value is -1.49. The minimum Gasteiger partial charge on any atom is -0.300 e. The number of aromatic amines is 1. The van der Waals surface area contributed by atoms with Gasteiger partial charge in [0.25, 0.3) is 0 Å². The van der Waals surface area contributed by atoms with Crippen LogP contribution >= 0.6 is 12.2 Å². The Balaban J connectivity index is 2.08. The predicted molar refractivity (Wildman–Crippen MR) is 79.3 cm³/mol. The maximum Gasteiger partial charge on any atom is 0.195 e. The van der Waals surface area contributed by atoms with E-state index in [0.29, 0.717) is 4.77 Å². The maximum atomic E-state index is 5.30. The highest BCUT2D eigenvalue weighted by molar-refractivity contribution is 7.71. The van der Waals surface area contributed by atoms with Crippen LogP contribution in [0.15, 0.2) is 24.5 Å². The minimum absolute atomic E-state index is 0.684. The molecule has 0 spiro atoms. The molecule has 2 aromatic heterocycles. The third kappa shape index (κ3) is 3.73. The molecule has 1 N–H and O–H groups in total. The average molecular weight is 276 g/mol. The van der Waals surface area contributed by atoms with E-state index in [1.54, 1.807) is 6.20 Å². The Morgan fingerprint density at radius 2 is 2.21 bits per heavy atom. The molecule has 0 saturated heterocycles. The first-order valence-corrected chi connectivity index (χ1v) is 7.15. The van der Waals surface area contributed by atoms with Crippen LogP contribution < -0.4 is 0 Å². The van der Waals surface area contributed by atoms with E-state index in [-0.39, 0.29) is 0 Å². The summed E-state index contributed by atoms with van der Waals surface area (Å²) in [6.07, 6.45) is 7.18. The largest absolute Gasteiger partial charge is 0.300 e. The van der Waals surface area contributed by atoms with E-state index < -0.39 is 0 Å². The van der Waals surface area contributed by atoms with Gasteiger partial charge < -0.3 is 4.57 Å². The van der Waals surface area contributed by atoms with E-state index in [4.69, 9.17) is 12.2 Å². The van der Waals surface area contributed by atoms with Crippen LogP contribution in [0.5, 0.6) is 0 Å². The minimum atomic E-state index is 0.684. The second-order valence-corrected chi connectivity index (χ2v) is 5.52. The number of aromatic nitrogens is 4. The Morgan fingerprint density at radius 3 is 2.89 bits per heavy atom. The highest BCUT2D eigenvalue weighted by Gasteiger charge is 2.08. The summed E-state index contributed by atoms with van der Waals surface area (Å²) in [4.78, 5) is 4.13. The lowest BCUT2D eigenvalue weighted by Crippen LogP contribution is -2.02.